The van der Waals surface area contributed by atoms with Crippen molar-refractivity contribution < 1.29 is 22.7 Å². The smallest absolute Gasteiger partial charge is 0.404 e. The van der Waals surface area contributed by atoms with Gasteiger partial charge in [0.1, 0.15) is 0 Å². The molecule has 0 amide bonds. The van der Waals surface area contributed by atoms with Gasteiger partial charge in [0.15, 0.2) is 11.5 Å². The summed E-state index contributed by atoms with van der Waals surface area (Å²) in [5.74, 6) is -0.903. The lowest BCUT2D eigenvalue weighted by molar-refractivity contribution is -0.275. The minimum absolute atomic E-state index is 0.0846. The number of benzene rings is 1. The van der Waals surface area contributed by atoms with Gasteiger partial charge in [0.2, 0.25) is 0 Å². The van der Waals surface area contributed by atoms with Crippen LogP contribution in [-0.4, -0.2) is 17.0 Å². The molecular weight excluding hydrogens is 416 g/mol. The molecule has 0 aromatic heterocycles. The van der Waals surface area contributed by atoms with E-state index in [1.807, 2.05) is 0 Å². The molecule has 94 valence electrons. The van der Waals surface area contributed by atoms with Gasteiger partial charge in [0.05, 0.1) is 14.0 Å². The van der Waals surface area contributed by atoms with Gasteiger partial charge < -0.3 is 4.74 Å². The Hall–Kier alpha value is -0.310. The zero-order valence-corrected chi connectivity index (χ0v) is 12.3. The second kappa shape index (κ2) is 5.55. The van der Waals surface area contributed by atoms with E-state index in [-0.39, 0.29) is 9.13 Å². The summed E-state index contributed by atoms with van der Waals surface area (Å²) < 4.78 is 40.8. The van der Waals surface area contributed by atoms with E-state index in [9.17, 15) is 18.0 Å². The van der Waals surface area contributed by atoms with Crippen molar-refractivity contribution in [3.05, 3.63) is 27.3 Å². The Morgan fingerprint density at radius 3 is 2.53 bits per heavy atom. The second-order valence-electron chi connectivity index (χ2n) is 3.14. The summed E-state index contributed by atoms with van der Waals surface area (Å²) in [6.07, 6.45) is -4.81. The van der Waals surface area contributed by atoms with Gasteiger partial charge in [-0.15, -0.1) is 13.2 Å². The Kier molecular flexibility index (Phi) is 4.82. The van der Waals surface area contributed by atoms with Crippen LogP contribution >= 0.6 is 38.5 Å². The molecule has 1 aromatic rings. The molecule has 1 aromatic carbocycles. The van der Waals surface area contributed by atoms with Crippen molar-refractivity contribution in [2.45, 2.75) is 18.1 Å². The highest BCUT2D eigenvalue weighted by molar-refractivity contribution is 14.1. The van der Waals surface area contributed by atoms with Gasteiger partial charge in [-0.3, -0.25) is 4.79 Å². The molecule has 0 bridgehead atoms. The molecule has 17 heavy (non-hydrogen) atoms. The highest BCUT2D eigenvalue weighted by atomic mass is 127. The molecule has 0 radical (unpaired) electrons. The molecule has 1 unspecified atom stereocenters. The largest absolute Gasteiger partial charge is 0.573 e. The van der Waals surface area contributed by atoms with Gasteiger partial charge in [-0.25, -0.2) is 0 Å². The minimum atomic E-state index is -4.81. The maximum atomic E-state index is 12.2. The van der Waals surface area contributed by atoms with Gasteiger partial charge in [0.25, 0.3) is 0 Å². The highest BCUT2D eigenvalue weighted by Gasteiger charge is 2.34. The van der Waals surface area contributed by atoms with Crippen molar-refractivity contribution in [2.24, 2.45) is 0 Å². The summed E-state index contributed by atoms with van der Waals surface area (Å²) >= 11 is 4.72. The minimum Gasteiger partial charge on any atom is -0.404 e. The lowest BCUT2D eigenvalue weighted by Crippen LogP contribution is -2.21. The first-order chi connectivity index (χ1) is 7.72. The first-order valence-electron chi connectivity index (χ1n) is 4.45. The molecule has 0 spiro atoms. The van der Waals surface area contributed by atoms with Crippen molar-refractivity contribution in [1.29, 1.82) is 0 Å². The van der Waals surface area contributed by atoms with E-state index in [4.69, 9.17) is 0 Å². The van der Waals surface area contributed by atoms with Crippen LogP contribution in [-0.2, 0) is 0 Å². The predicted octanol–water partition coefficient (Wildman–Crippen LogP) is 4.16. The molecule has 0 N–H and O–H groups in total. The Labute approximate surface area is 118 Å². The molecular formula is C10H7BrF3IO2. The average molecular weight is 423 g/mol. The van der Waals surface area contributed by atoms with E-state index in [2.05, 4.69) is 20.7 Å². The molecule has 7 heteroatoms. The summed E-state index contributed by atoms with van der Waals surface area (Å²) in [6, 6.07) is 4.26. The fourth-order valence-corrected chi connectivity index (χ4v) is 1.99. The number of Topliss-reactive ketones (excluding diaryl/α,β-unsaturated/α-hetero) is 1. The molecule has 0 aliphatic heterocycles. The Bertz CT molecular complexity index is 432. The second-order valence-corrected chi connectivity index (χ2v) is 5.68. The monoisotopic (exact) mass is 422 g/mol. The third-order valence-electron chi connectivity index (χ3n) is 1.81. The SMILES string of the molecule is CC(Br)C(=O)c1cccc(I)c1OC(F)(F)F. The molecule has 0 saturated carbocycles. The van der Waals surface area contributed by atoms with E-state index >= 15 is 0 Å². The fraction of sp³-hybridized carbons (Fsp3) is 0.300. The summed E-state index contributed by atoms with van der Waals surface area (Å²) in [7, 11) is 0. The van der Waals surface area contributed by atoms with Gasteiger partial charge in [-0.05, 0) is 41.6 Å². The van der Waals surface area contributed by atoms with Crippen LogP contribution in [0.25, 0.3) is 0 Å². The topological polar surface area (TPSA) is 26.3 Å². The van der Waals surface area contributed by atoms with E-state index < -0.39 is 22.7 Å². The number of halogens is 5. The van der Waals surface area contributed by atoms with Gasteiger partial charge in [-0.1, -0.05) is 22.0 Å². The maximum absolute atomic E-state index is 12.2. The molecule has 0 saturated heterocycles. The number of para-hydroxylation sites is 1. The van der Waals surface area contributed by atoms with Crippen molar-refractivity contribution in [3.8, 4) is 5.75 Å². The molecule has 0 fully saturated rings. The van der Waals surface area contributed by atoms with Crippen LogP contribution in [0.3, 0.4) is 0 Å². The predicted molar refractivity (Wildman–Crippen MR) is 68.6 cm³/mol. The van der Waals surface area contributed by atoms with E-state index in [1.165, 1.54) is 18.2 Å². The Morgan fingerprint density at radius 2 is 2.06 bits per heavy atom. The van der Waals surface area contributed by atoms with Crippen molar-refractivity contribution in [2.75, 3.05) is 0 Å². The fourth-order valence-electron chi connectivity index (χ4n) is 1.14. The van der Waals surface area contributed by atoms with Crippen LogP contribution in [0.4, 0.5) is 13.2 Å². The number of rotatable bonds is 3. The number of hydrogen-bond donors (Lipinski definition) is 0. The lowest BCUT2D eigenvalue weighted by atomic mass is 10.1. The summed E-state index contributed by atoms with van der Waals surface area (Å²) in [5.41, 5.74) is -0.0846. The van der Waals surface area contributed by atoms with Crippen LogP contribution in [0.5, 0.6) is 5.75 Å². The highest BCUT2D eigenvalue weighted by Crippen LogP contribution is 2.32. The first-order valence-corrected chi connectivity index (χ1v) is 6.44. The van der Waals surface area contributed by atoms with E-state index in [1.54, 1.807) is 29.5 Å². The van der Waals surface area contributed by atoms with Gasteiger partial charge >= 0.3 is 6.36 Å². The van der Waals surface area contributed by atoms with Gasteiger partial charge in [-0.2, -0.15) is 0 Å². The maximum Gasteiger partial charge on any atom is 0.573 e. The number of carbonyl (C=O) groups excluding carboxylic acids is 1. The lowest BCUT2D eigenvalue weighted by Gasteiger charge is -2.14. The number of carbonyl (C=O) groups is 1. The first kappa shape index (κ1) is 14.7. The number of ketones is 1. The zero-order chi connectivity index (χ0) is 13.2. The molecule has 0 aliphatic rings. The normalized spacial score (nSPS) is 13.3. The van der Waals surface area contributed by atoms with Crippen molar-refractivity contribution in [1.82, 2.24) is 0 Å². The van der Waals surface area contributed by atoms with Gasteiger partial charge in [0, 0.05) is 0 Å². The van der Waals surface area contributed by atoms with Crippen molar-refractivity contribution >= 4 is 44.3 Å². The zero-order valence-electron chi connectivity index (χ0n) is 8.52. The summed E-state index contributed by atoms with van der Waals surface area (Å²) in [4.78, 5) is 11.1. The Morgan fingerprint density at radius 1 is 1.47 bits per heavy atom. The molecule has 0 heterocycles. The third-order valence-corrected chi connectivity index (χ3v) is 3.08. The standard InChI is InChI=1S/C10H7BrF3IO2/c1-5(11)8(16)6-3-2-4-7(15)9(6)17-10(12,13)14/h2-5H,1H3. The van der Waals surface area contributed by atoms with Crippen LogP contribution < -0.4 is 4.74 Å². The van der Waals surface area contributed by atoms with Crippen LogP contribution in [0.15, 0.2) is 18.2 Å². The number of ether oxygens (including phenoxy) is 1. The van der Waals surface area contributed by atoms with Crippen LogP contribution in [0.1, 0.15) is 17.3 Å². The van der Waals surface area contributed by atoms with Crippen LogP contribution in [0.2, 0.25) is 0 Å². The molecule has 1 atom stereocenters. The summed E-state index contributed by atoms with van der Waals surface area (Å²) in [6.45, 7) is 1.54. The van der Waals surface area contributed by atoms with Crippen molar-refractivity contribution in [3.63, 3.8) is 0 Å². The molecule has 0 aliphatic carbocycles. The molecule has 2 nitrogen and oxygen atoms in total. The van der Waals surface area contributed by atoms with Crippen LogP contribution in [0, 0.1) is 3.57 Å². The molecule has 1 rings (SSSR count). The summed E-state index contributed by atoms with van der Waals surface area (Å²) in [5, 5.41) is 0. The number of hydrogen-bond acceptors (Lipinski definition) is 2. The quantitative estimate of drug-likeness (QED) is 0.415. The third kappa shape index (κ3) is 4.13. The van der Waals surface area contributed by atoms with E-state index in [0.717, 1.165) is 0 Å². The van der Waals surface area contributed by atoms with E-state index in [0.29, 0.717) is 0 Å². The number of alkyl halides is 4. The Balaban J connectivity index is 3.22. The average Bonchev–Trinajstić information content (AvgIpc) is 2.18.